The SMILES string of the molecule is CC(=O)NCCC(=O)N1CCC[C@@H]1[C@@H]1CCCN1Cc1ccccc1. The smallest absolute Gasteiger partial charge is 0.224 e. The van der Waals surface area contributed by atoms with Gasteiger partial charge < -0.3 is 10.2 Å². The van der Waals surface area contributed by atoms with Crippen LogP contribution in [0, 0.1) is 0 Å². The van der Waals surface area contributed by atoms with Crippen LogP contribution in [-0.4, -0.2) is 53.3 Å². The third-order valence-electron chi connectivity index (χ3n) is 5.42. The summed E-state index contributed by atoms with van der Waals surface area (Å²) in [7, 11) is 0. The number of carbonyl (C=O) groups is 2. The van der Waals surface area contributed by atoms with Crippen LogP contribution in [0.15, 0.2) is 30.3 Å². The number of benzene rings is 1. The van der Waals surface area contributed by atoms with Gasteiger partial charge in [-0.2, -0.15) is 0 Å². The van der Waals surface area contributed by atoms with E-state index in [0.717, 1.165) is 32.5 Å². The molecule has 5 heteroatoms. The molecule has 2 aliphatic heterocycles. The van der Waals surface area contributed by atoms with E-state index in [9.17, 15) is 9.59 Å². The lowest BCUT2D eigenvalue weighted by atomic mass is 10.0. The lowest BCUT2D eigenvalue weighted by Gasteiger charge is -2.35. The minimum absolute atomic E-state index is 0.0735. The van der Waals surface area contributed by atoms with E-state index in [1.54, 1.807) is 0 Å². The molecule has 2 fully saturated rings. The first-order valence-corrected chi connectivity index (χ1v) is 9.47. The average Bonchev–Trinajstić information content (AvgIpc) is 3.24. The van der Waals surface area contributed by atoms with E-state index in [1.165, 1.54) is 25.3 Å². The Balaban J connectivity index is 1.60. The molecule has 2 atom stereocenters. The van der Waals surface area contributed by atoms with Crippen molar-refractivity contribution in [2.24, 2.45) is 0 Å². The third kappa shape index (κ3) is 4.60. The number of hydrogen-bond donors (Lipinski definition) is 1. The number of carbonyl (C=O) groups excluding carboxylic acids is 2. The Morgan fingerprint density at radius 3 is 2.56 bits per heavy atom. The molecule has 0 bridgehead atoms. The van der Waals surface area contributed by atoms with Crippen molar-refractivity contribution in [3.63, 3.8) is 0 Å². The molecule has 2 aliphatic rings. The van der Waals surface area contributed by atoms with Crippen molar-refractivity contribution >= 4 is 11.8 Å². The van der Waals surface area contributed by atoms with E-state index in [1.807, 2.05) is 0 Å². The highest BCUT2D eigenvalue weighted by Crippen LogP contribution is 2.31. The van der Waals surface area contributed by atoms with Gasteiger partial charge >= 0.3 is 0 Å². The van der Waals surface area contributed by atoms with Crippen LogP contribution < -0.4 is 5.32 Å². The molecule has 2 saturated heterocycles. The fourth-order valence-corrected chi connectivity index (χ4v) is 4.29. The summed E-state index contributed by atoms with van der Waals surface area (Å²) in [5.74, 6) is 0.110. The van der Waals surface area contributed by atoms with Gasteiger partial charge in [0.25, 0.3) is 0 Å². The van der Waals surface area contributed by atoms with Crippen LogP contribution in [0.25, 0.3) is 0 Å². The third-order valence-corrected chi connectivity index (χ3v) is 5.42. The lowest BCUT2D eigenvalue weighted by Crippen LogP contribution is -2.48. The Morgan fingerprint density at radius 2 is 1.80 bits per heavy atom. The van der Waals surface area contributed by atoms with Crippen LogP contribution >= 0.6 is 0 Å². The summed E-state index contributed by atoms with van der Waals surface area (Å²) in [5.41, 5.74) is 1.34. The summed E-state index contributed by atoms with van der Waals surface area (Å²) in [4.78, 5) is 28.2. The zero-order valence-corrected chi connectivity index (χ0v) is 15.1. The molecule has 0 spiro atoms. The van der Waals surface area contributed by atoms with Crippen LogP contribution in [0.2, 0.25) is 0 Å². The zero-order chi connectivity index (χ0) is 17.6. The largest absolute Gasteiger partial charge is 0.356 e. The minimum Gasteiger partial charge on any atom is -0.356 e. The van der Waals surface area contributed by atoms with E-state index in [-0.39, 0.29) is 11.8 Å². The van der Waals surface area contributed by atoms with Gasteiger partial charge in [0.05, 0.1) is 0 Å². The highest BCUT2D eigenvalue weighted by molar-refractivity contribution is 5.78. The fraction of sp³-hybridized carbons (Fsp3) is 0.600. The second-order valence-corrected chi connectivity index (χ2v) is 7.20. The molecule has 136 valence electrons. The number of amides is 2. The Bertz CT molecular complexity index is 590. The van der Waals surface area contributed by atoms with Crippen molar-refractivity contribution in [3.05, 3.63) is 35.9 Å². The van der Waals surface area contributed by atoms with E-state index >= 15 is 0 Å². The predicted molar refractivity (Wildman–Crippen MR) is 97.9 cm³/mol. The number of likely N-dealkylation sites (tertiary alicyclic amines) is 2. The topological polar surface area (TPSA) is 52.7 Å². The van der Waals surface area contributed by atoms with Crippen molar-refractivity contribution < 1.29 is 9.59 Å². The summed E-state index contributed by atoms with van der Waals surface area (Å²) in [6.07, 6.45) is 4.98. The van der Waals surface area contributed by atoms with Gasteiger partial charge in [0, 0.05) is 45.1 Å². The van der Waals surface area contributed by atoms with Gasteiger partial charge in [-0.05, 0) is 37.8 Å². The van der Waals surface area contributed by atoms with Gasteiger partial charge in [-0.1, -0.05) is 30.3 Å². The standard InChI is InChI=1S/C20H29N3O2/c1-16(24)21-12-11-20(25)23-14-6-10-19(23)18-9-5-13-22(18)15-17-7-3-2-4-8-17/h2-4,7-8,18-19H,5-6,9-15H2,1H3,(H,21,24)/t18-,19+/m0/s1. The number of rotatable bonds is 6. The number of hydrogen-bond acceptors (Lipinski definition) is 3. The molecule has 0 unspecified atom stereocenters. The van der Waals surface area contributed by atoms with Crippen molar-refractivity contribution in [3.8, 4) is 0 Å². The predicted octanol–water partition coefficient (Wildman–Crippen LogP) is 2.17. The van der Waals surface area contributed by atoms with Crippen LogP contribution in [0.5, 0.6) is 0 Å². The molecule has 0 aromatic heterocycles. The van der Waals surface area contributed by atoms with Crippen molar-refractivity contribution in [1.82, 2.24) is 15.1 Å². The summed E-state index contributed by atoms with van der Waals surface area (Å²) in [6, 6.07) is 11.4. The van der Waals surface area contributed by atoms with Gasteiger partial charge in [0.1, 0.15) is 0 Å². The van der Waals surface area contributed by atoms with Crippen molar-refractivity contribution in [1.29, 1.82) is 0 Å². The Hall–Kier alpha value is -1.88. The highest BCUT2D eigenvalue weighted by Gasteiger charge is 2.39. The van der Waals surface area contributed by atoms with Crippen molar-refractivity contribution in [2.45, 2.75) is 57.7 Å². The molecule has 0 aliphatic carbocycles. The molecular weight excluding hydrogens is 314 g/mol. The molecule has 25 heavy (non-hydrogen) atoms. The molecule has 0 saturated carbocycles. The molecule has 0 radical (unpaired) electrons. The molecule has 2 amide bonds. The fourth-order valence-electron chi connectivity index (χ4n) is 4.29. The van der Waals surface area contributed by atoms with Gasteiger partial charge in [-0.15, -0.1) is 0 Å². The molecule has 3 rings (SSSR count). The highest BCUT2D eigenvalue weighted by atomic mass is 16.2. The Morgan fingerprint density at radius 1 is 1.08 bits per heavy atom. The number of nitrogens with zero attached hydrogens (tertiary/aromatic N) is 2. The molecule has 5 nitrogen and oxygen atoms in total. The number of nitrogens with one attached hydrogen (secondary N) is 1. The van der Waals surface area contributed by atoms with Gasteiger partial charge in [0.15, 0.2) is 0 Å². The Kier molecular flexibility index (Phi) is 6.08. The quantitative estimate of drug-likeness (QED) is 0.861. The first kappa shape index (κ1) is 17.9. The zero-order valence-electron chi connectivity index (χ0n) is 15.1. The van der Waals surface area contributed by atoms with Gasteiger partial charge in [0.2, 0.25) is 11.8 Å². The first-order valence-electron chi connectivity index (χ1n) is 9.47. The maximum Gasteiger partial charge on any atom is 0.224 e. The van der Waals surface area contributed by atoms with Crippen molar-refractivity contribution in [2.75, 3.05) is 19.6 Å². The van der Waals surface area contributed by atoms with E-state index in [2.05, 4.69) is 45.4 Å². The summed E-state index contributed by atoms with van der Waals surface area (Å²) >= 11 is 0. The lowest BCUT2D eigenvalue weighted by molar-refractivity contribution is -0.133. The molecular formula is C20H29N3O2. The van der Waals surface area contributed by atoms with Crippen LogP contribution in [-0.2, 0) is 16.1 Å². The van der Waals surface area contributed by atoms with E-state index < -0.39 is 0 Å². The Labute approximate surface area is 150 Å². The maximum atomic E-state index is 12.6. The van der Waals surface area contributed by atoms with Gasteiger partial charge in [-0.3, -0.25) is 14.5 Å². The summed E-state index contributed by atoms with van der Waals surface area (Å²) in [5, 5.41) is 2.73. The van der Waals surface area contributed by atoms with E-state index in [4.69, 9.17) is 0 Å². The van der Waals surface area contributed by atoms with Crippen LogP contribution in [0.1, 0.15) is 44.6 Å². The first-order chi connectivity index (χ1) is 12.1. The van der Waals surface area contributed by atoms with E-state index in [0.29, 0.717) is 25.0 Å². The second kappa shape index (κ2) is 8.48. The second-order valence-electron chi connectivity index (χ2n) is 7.20. The molecule has 1 aromatic carbocycles. The van der Waals surface area contributed by atoms with Crippen LogP contribution in [0.4, 0.5) is 0 Å². The normalized spacial score (nSPS) is 23.8. The molecule has 2 heterocycles. The summed E-state index contributed by atoms with van der Waals surface area (Å²) in [6.45, 7) is 4.87. The maximum absolute atomic E-state index is 12.6. The monoisotopic (exact) mass is 343 g/mol. The van der Waals surface area contributed by atoms with Crippen LogP contribution in [0.3, 0.4) is 0 Å². The summed E-state index contributed by atoms with van der Waals surface area (Å²) < 4.78 is 0. The molecule has 1 aromatic rings. The van der Waals surface area contributed by atoms with Gasteiger partial charge in [-0.25, -0.2) is 0 Å². The average molecular weight is 343 g/mol. The molecule has 1 N–H and O–H groups in total. The minimum atomic E-state index is -0.0735.